The second-order valence-corrected chi connectivity index (χ2v) is 13.5. The zero-order valence-electron chi connectivity index (χ0n) is 28.2. The number of Topliss-reactive ketones (excluding diaryl/α,β-unsaturated/α-hetero) is 2. The Hall–Kier alpha value is -1.70. The summed E-state index contributed by atoms with van der Waals surface area (Å²) >= 11 is 0. The summed E-state index contributed by atoms with van der Waals surface area (Å²) in [6.07, 6.45) is 20.2. The number of rotatable bonds is 13. The van der Waals surface area contributed by atoms with E-state index in [1.807, 2.05) is 26.8 Å². The van der Waals surface area contributed by atoms with Crippen LogP contribution in [-0.2, 0) is 9.59 Å². The van der Waals surface area contributed by atoms with Crippen molar-refractivity contribution in [1.82, 2.24) is 0 Å². The summed E-state index contributed by atoms with van der Waals surface area (Å²) in [5.41, 5.74) is 2.05. The molecule has 41 heavy (non-hydrogen) atoms. The molecular weight excluding hydrogens is 508 g/mol. The van der Waals surface area contributed by atoms with Crippen LogP contribution in [0.2, 0.25) is 0 Å². The molecule has 0 aliphatic heterocycles. The van der Waals surface area contributed by atoms with E-state index >= 15 is 0 Å². The Labute approximate surface area is 253 Å². The first-order valence-corrected chi connectivity index (χ1v) is 16.4. The van der Waals surface area contributed by atoms with Crippen molar-refractivity contribution in [2.45, 2.75) is 139 Å². The van der Waals surface area contributed by atoms with Gasteiger partial charge in [0.05, 0.1) is 0 Å². The van der Waals surface area contributed by atoms with Crippen LogP contribution in [0, 0.1) is 46.8 Å². The Morgan fingerprint density at radius 3 is 1.63 bits per heavy atom. The van der Waals surface area contributed by atoms with Gasteiger partial charge in [-0.2, -0.15) is 0 Å². The molecule has 2 fully saturated rings. The number of hydrogen-bond acceptors (Lipinski definition) is 4. The molecule has 236 valence electrons. The van der Waals surface area contributed by atoms with Crippen LogP contribution in [-0.4, -0.2) is 35.0 Å². The lowest BCUT2D eigenvalue weighted by atomic mass is 9.69. The van der Waals surface area contributed by atoms with Crippen molar-refractivity contribution in [2.24, 2.45) is 34.5 Å². The minimum Gasteiger partial charge on any atom is -0.396 e. The Balaban J connectivity index is 0.00000299. The van der Waals surface area contributed by atoms with E-state index in [-0.39, 0.29) is 47.7 Å². The molecule has 2 aliphatic rings. The van der Waals surface area contributed by atoms with Crippen LogP contribution in [0.25, 0.3) is 0 Å². The Morgan fingerprint density at radius 2 is 1.24 bits per heavy atom. The van der Waals surface area contributed by atoms with Crippen LogP contribution in [0.5, 0.6) is 0 Å². The quantitative estimate of drug-likeness (QED) is 0.171. The fourth-order valence-corrected chi connectivity index (χ4v) is 6.30. The largest absolute Gasteiger partial charge is 0.396 e. The van der Waals surface area contributed by atoms with Crippen LogP contribution in [0.1, 0.15) is 139 Å². The van der Waals surface area contributed by atoms with Crippen molar-refractivity contribution in [3.8, 4) is 12.3 Å². The maximum Gasteiger partial charge on any atom is 0.143 e. The smallest absolute Gasteiger partial charge is 0.143 e. The Kier molecular flexibility index (Phi) is 19.4. The lowest BCUT2D eigenvalue weighted by molar-refractivity contribution is -0.129. The summed E-state index contributed by atoms with van der Waals surface area (Å²) in [5.74, 6) is 3.01. The summed E-state index contributed by atoms with van der Waals surface area (Å²) in [6, 6.07) is 0. The highest BCUT2D eigenvalue weighted by molar-refractivity contribution is 5.89. The van der Waals surface area contributed by atoms with Crippen molar-refractivity contribution in [3.63, 3.8) is 0 Å². The fraction of sp³-hybridized carbons (Fsp3) is 0.784. The Bertz CT molecular complexity index is 870. The van der Waals surface area contributed by atoms with Gasteiger partial charge < -0.3 is 10.2 Å². The van der Waals surface area contributed by atoms with Crippen molar-refractivity contribution in [2.75, 3.05) is 13.2 Å². The van der Waals surface area contributed by atoms with E-state index in [2.05, 4.69) is 53.0 Å². The van der Waals surface area contributed by atoms with Gasteiger partial charge in [-0.15, -0.1) is 12.3 Å². The molecule has 0 spiro atoms. The number of carbonyl (C=O) groups excluding carboxylic acids is 2. The molecule has 4 heteroatoms. The van der Waals surface area contributed by atoms with Gasteiger partial charge in [0, 0.05) is 36.9 Å². The molecular formula is C37H64O4. The second-order valence-electron chi connectivity index (χ2n) is 13.5. The van der Waals surface area contributed by atoms with E-state index in [1.54, 1.807) is 6.92 Å². The Morgan fingerprint density at radius 1 is 0.854 bits per heavy atom. The monoisotopic (exact) mass is 572 g/mol. The summed E-state index contributed by atoms with van der Waals surface area (Å²) in [5, 5.41) is 19.1. The van der Waals surface area contributed by atoms with Crippen LogP contribution >= 0.6 is 0 Å². The molecule has 0 heterocycles. The first kappa shape index (κ1) is 39.3. The number of aliphatic hydroxyl groups excluding tert-OH is 2. The number of carbonyl (C=O) groups is 2. The SMILES string of the molecule is C#CC.C/C=C\C(=C(/C)C1CCCC(CCCC(C)(C)CO)C1=O)C1CCCC(CCCC(C)(C)CO)C1=O.CC. The van der Waals surface area contributed by atoms with Crippen molar-refractivity contribution >= 4 is 11.6 Å². The number of hydrogen-bond donors (Lipinski definition) is 2. The van der Waals surface area contributed by atoms with E-state index in [0.717, 1.165) is 88.2 Å². The zero-order valence-corrected chi connectivity index (χ0v) is 28.2. The van der Waals surface area contributed by atoms with Gasteiger partial charge in [0.2, 0.25) is 0 Å². The number of aliphatic hydroxyl groups is 2. The highest BCUT2D eigenvalue weighted by Gasteiger charge is 2.37. The predicted octanol–water partition coefficient (Wildman–Crippen LogP) is 8.89. The number of allylic oxidation sites excluding steroid dienone is 4. The third kappa shape index (κ3) is 13.4. The minimum atomic E-state index is -0.0932. The van der Waals surface area contributed by atoms with E-state index in [1.165, 1.54) is 0 Å². The van der Waals surface area contributed by atoms with Gasteiger partial charge in [-0.05, 0) is 88.5 Å². The first-order valence-electron chi connectivity index (χ1n) is 16.4. The van der Waals surface area contributed by atoms with Gasteiger partial charge in [-0.1, -0.05) is 85.0 Å². The molecule has 4 nitrogen and oxygen atoms in total. The maximum absolute atomic E-state index is 13.6. The molecule has 0 aromatic heterocycles. The molecule has 4 atom stereocenters. The molecule has 0 aromatic carbocycles. The molecule has 0 saturated heterocycles. The summed E-state index contributed by atoms with van der Waals surface area (Å²) < 4.78 is 0. The normalized spacial score (nSPS) is 24.0. The van der Waals surface area contributed by atoms with Crippen LogP contribution in [0.3, 0.4) is 0 Å². The third-order valence-corrected chi connectivity index (χ3v) is 8.95. The lowest BCUT2D eigenvalue weighted by Crippen LogP contribution is -2.33. The van der Waals surface area contributed by atoms with E-state index in [9.17, 15) is 19.8 Å². The predicted molar refractivity (Wildman–Crippen MR) is 174 cm³/mol. The van der Waals surface area contributed by atoms with Gasteiger partial charge in [0.25, 0.3) is 0 Å². The topological polar surface area (TPSA) is 74.6 Å². The molecule has 2 saturated carbocycles. The fourth-order valence-electron chi connectivity index (χ4n) is 6.30. The summed E-state index contributed by atoms with van der Waals surface area (Å²) in [7, 11) is 0. The van der Waals surface area contributed by atoms with Gasteiger partial charge in [0.1, 0.15) is 11.6 Å². The first-order chi connectivity index (χ1) is 19.4. The maximum atomic E-state index is 13.6. The molecule has 2 rings (SSSR count). The standard InChI is InChI=1S/C32H54O4.C3H4.C2H6/c1-7-12-26(28-18-9-14-25(30(28)36)16-11-20-32(5,6)22-34)23(2)27-17-8-13-24(29(27)35)15-10-19-31(3,4)21-33;1-3-2;1-2/h7,12,24-25,27-28,33-34H,8-11,13-22H2,1-6H3;1H,2H3;1-2H3/b12-7-,26-23-;;. The van der Waals surface area contributed by atoms with E-state index in [0.29, 0.717) is 11.6 Å². The average molecular weight is 573 g/mol. The van der Waals surface area contributed by atoms with Crippen LogP contribution in [0.4, 0.5) is 0 Å². The molecule has 2 N–H and O–H groups in total. The average Bonchev–Trinajstić information content (AvgIpc) is 2.95. The van der Waals surface area contributed by atoms with E-state index in [4.69, 9.17) is 0 Å². The zero-order chi connectivity index (χ0) is 31.6. The van der Waals surface area contributed by atoms with Crippen molar-refractivity contribution in [3.05, 3.63) is 23.3 Å². The molecule has 0 aromatic rings. The van der Waals surface area contributed by atoms with Crippen LogP contribution in [0.15, 0.2) is 23.3 Å². The van der Waals surface area contributed by atoms with Crippen molar-refractivity contribution in [1.29, 1.82) is 0 Å². The highest BCUT2D eigenvalue weighted by atomic mass is 16.3. The second kappa shape index (κ2) is 20.2. The van der Waals surface area contributed by atoms with Gasteiger partial charge in [-0.3, -0.25) is 9.59 Å². The highest BCUT2D eigenvalue weighted by Crippen LogP contribution is 2.40. The molecule has 0 radical (unpaired) electrons. The third-order valence-electron chi connectivity index (χ3n) is 8.95. The molecule has 0 bridgehead atoms. The molecule has 2 aliphatic carbocycles. The summed E-state index contributed by atoms with van der Waals surface area (Å²) in [4.78, 5) is 27.2. The van der Waals surface area contributed by atoms with Gasteiger partial charge >= 0.3 is 0 Å². The lowest BCUT2D eigenvalue weighted by Gasteiger charge is -2.34. The van der Waals surface area contributed by atoms with Crippen LogP contribution < -0.4 is 0 Å². The van der Waals surface area contributed by atoms with Gasteiger partial charge in [0.15, 0.2) is 0 Å². The number of ketones is 2. The molecule has 0 amide bonds. The molecule has 4 unspecified atom stereocenters. The van der Waals surface area contributed by atoms with Crippen molar-refractivity contribution < 1.29 is 19.8 Å². The minimum absolute atomic E-state index is 0.0701. The summed E-state index contributed by atoms with van der Waals surface area (Å²) in [6.45, 7) is 18.4. The number of terminal acetylenes is 1. The van der Waals surface area contributed by atoms with Gasteiger partial charge in [-0.25, -0.2) is 0 Å². The van der Waals surface area contributed by atoms with E-state index < -0.39 is 0 Å².